The summed E-state index contributed by atoms with van der Waals surface area (Å²) < 4.78 is 19.1. The van der Waals surface area contributed by atoms with E-state index in [-0.39, 0.29) is 24.1 Å². The van der Waals surface area contributed by atoms with Crippen LogP contribution in [0.1, 0.15) is 23.8 Å². The van der Waals surface area contributed by atoms with E-state index in [0.717, 1.165) is 5.56 Å². The SMILES string of the molecule is Cc1ccc(N2CC(c3nc(-c4ccc(F)c(Br)c4)no3)CC2=O)c(Cl)c1. The average Bonchev–Trinajstić information content (AvgIpc) is 3.25. The molecule has 0 saturated carbocycles. The van der Waals surface area contributed by atoms with E-state index < -0.39 is 0 Å². The Morgan fingerprint density at radius 3 is 2.85 bits per heavy atom. The number of amides is 1. The molecule has 0 aliphatic carbocycles. The van der Waals surface area contributed by atoms with Gasteiger partial charge < -0.3 is 9.42 Å². The second-order valence-electron chi connectivity index (χ2n) is 6.45. The molecule has 138 valence electrons. The van der Waals surface area contributed by atoms with Crippen molar-refractivity contribution in [2.75, 3.05) is 11.4 Å². The van der Waals surface area contributed by atoms with Crippen LogP contribution >= 0.6 is 27.5 Å². The topological polar surface area (TPSA) is 59.2 Å². The highest BCUT2D eigenvalue weighted by Crippen LogP contribution is 2.35. The van der Waals surface area contributed by atoms with Crippen LogP contribution in [0.5, 0.6) is 0 Å². The molecule has 0 radical (unpaired) electrons. The first-order chi connectivity index (χ1) is 12.9. The summed E-state index contributed by atoms with van der Waals surface area (Å²) in [7, 11) is 0. The molecule has 8 heteroatoms. The highest BCUT2D eigenvalue weighted by molar-refractivity contribution is 9.10. The van der Waals surface area contributed by atoms with Gasteiger partial charge in [0.1, 0.15) is 5.82 Å². The molecule has 1 unspecified atom stereocenters. The molecular formula is C19H14BrClFN3O2. The van der Waals surface area contributed by atoms with Crippen LogP contribution in [0.2, 0.25) is 5.02 Å². The fourth-order valence-electron chi connectivity index (χ4n) is 3.09. The molecule has 1 saturated heterocycles. The number of aryl methyl sites for hydroxylation is 1. The van der Waals surface area contributed by atoms with Gasteiger partial charge in [0.25, 0.3) is 0 Å². The van der Waals surface area contributed by atoms with Crippen LogP contribution in [0.15, 0.2) is 45.4 Å². The Balaban J connectivity index is 1.57. The molecular weight excluding hydrogens is 437 g/mol. The van der Waals surface area contributed by atoms with Crippen molar-refractivity contribution < 1.29 is 13.7 Å². The molecule has 1 amide bonds. The number of rotatable bonds is 3. The summed E-state index contributed by atoms with van der Waals surface area (Å²) in [4.78, 5) is 18.5. The molecule has 27 heavy (non-hydrogen) atoms. The summed E-state index contributed by atoms with van der Waals surface area (Å²) in [6.45, 7) is 2.36. The van der Waals surface area contributed by atoms with Crippen LogP contribution < -0.4 is 4.90 Å². The number of halogens is 3. The van der Waals surface area contributed by atoms with Gasteiger partial charge in [-0.2, -0.15) is 4.98 Å². The predicted octanol–water partition coefficient (Wildman–Crippen LogP) is 5.12. The molecule has 1 aromatic heterocycles. The van der Waals surface area contributed by atoms with Crippen LogP contribution in [0.3, 0.4) is 0 Å². The van der Waals surface area contributed by atoms with Crippen molar-refractivity contribution in [2.24, 2.45) is 0 Å². The van der Waals surface area contributed by atoms with Crippen molar-refractivity contribution in [2.45, 2.75) is 19.3 Å². The number of aromatic nitrogens is 2. The van der Waals surface area contributed by atoms with Gasteiger partial charge in [-0.05, 0) is 58.7 Å². The Bertz CT molecular complexity index is 1040. The zero-order valence-corrected chi connectivity index (χ0v) is 16.6. The van der Waals surface area contributed by atoms with Crippen LogP contribution in [0.4, 0.5) is 10.1 Å². The monoisotopic (exact) mass is 449 g/mol. The lowest BCUT2D eigenvalue weighted by Gasteiger charge is -2.18. The van der Waals surface area contributed by atoms with Gasteiger partial charge in [0.15, 0.2) is 0 Å². The van der Waals surface area contributed by atoms with E-state index >= 15 is 0 Å². The Morgan fingerprint density at radius 2 is 2.11 bits per heavy atom. The molecule has 1 atom stereocenters. The van der Waals surface area contributed by atoms with Crippen molar-refractivity contribution in [1.82, 2.24) is 10.1 Å². The number of anilines is 1. The largest absolute Gasteiger partial charge is 0.339 e. The lowest BCUT2D eigenvalue weighted by Crippen LogP contribution is -2.24. The third-order valence-corrected chi connectivity index (χ3v) is 5.40. The molecule has 0 spiro atoms. The Morgan fingerprint density at radius 1 is 1.30 bits per heavy atom. The van der Waals surface area contributed by atoms with E-state index in [9.17, 15) is 9.18 Å². The first kappa shape index (κ1) is 18.1. The van der Waals surface area contributed by atoms with Gasteiger partial charge >= 0.3 is 0 Å². The number of hydrogen-bond donors (Lipinski definition) is 0. The summed E-state index contributed by atoms with van der Waals surface area (Å²) >= 11 is 9.44. The number of carbonyl (C=O) groups excluding carboxylic acids is 1. The zero-order valence-electron chi connectivity index (χ0n) is 14.2. The Labute approximate surface area is 168 Å². The van der Waals surface area contributed by atoms with E-state index in [0.29, 0.717) is 39.0 Å². The summed E-state index contributed by atoms with van der Waals surface area (Å²) in [5, 5.41) is 4.50. The van der Waals surface area contributed by atoms with Gasteiger partial charge in [0, 0.05) is 18.5 Å². The first-order valence-electron chi connectivity index (χ1n) is 8.28. The second kappa shape index (κ2) is 7.05. The van der Waals surface area contributed by atoms with Gasteiger partial charge in [0.05, 0.1) is 21.1 Å². The highest BCUT2D eigenvalue weighted by Gasteiger charge is 2.36. The third kappa shape index (κ3) is 3.49. The smallest absolute Gasteiger partial charge is 0.232 e. The van der Waals surface area contributed by atoms with Crippen LogP contribution in [0, 0.1) is 12.7 Å². The van der Waals surface area contributed by atoms with Crippen molar-refractivity contribution in [3.05, 3.63) is 63.2 Å². The highest BCUT2D eigenvalue weighted by atomic mass is 79.9. The average molecular weight is 451 g/mol. The van der Waals surface area contributed by atoms with Gasteiger partial charge in [-0.15, -0.1) is 0 Å². The van der Waals surface area contributed by atoms with Crippen LogP contribution in [0.25, 0.3) is 11.4 Å². The van der Waals surface area contributed by atoms with Crippen molar-refractivity contribution >= 4 is 39.1 Å². The number of benzene rings is 2. The second-order valence-corrected chi connectivity index (χ2v) is 7.71. The van der Waals surface area contributed by atoms with E-state index in [1.165, 1.54) is 6.07 Å². The predicted molar refractivity (Wildman–Crippen MR) is 103 cm³/mol. The Hall–Kier alpha value is -2.25. The third-order valence-electron chi connectivity index (χ3n) is 4.49. The van der Waals surface area contributed by atoms with Gasteiger partial charge in [-0.25, -0.2) is 4.39 Å². The fourth-order valence-corrected chi connectivity index (χ4v) is 3.81. The minimum atomic E-state index is -0.366. The summed E-state index contributed by atoms with van der Waals surface area (Å²) in [6.07, 6.45) is 0.263. The minimum Gasteiger partial charge on any atom is -0.339 e. The van der Waals surface area contributed by atoms with E-state index in [1.807, 2.05) is 25.1 Å². The van der Waals surface area contributed by atoms with Crippen molar-refractivity contribution in [1.29, 1.82) is 0 Å². The zero-order chi connectivity index (χ0) is 19.1. The molecule has 2 aromatic carbocycles. The van der Waals surface area contributed by atoms with Crippen molar-refractivity contribution in [3.8, 4) is 11.4 Å². The standard InChI is InChI=1S/C19H14BrClFN3O2/c1-10-2-5-16(14(21)6-10)25-9-12(8-17(25)26)19-23-18(24-27-19)11-3-4-15(22)13(20)7-11/h2-7,12H,8-9H2,1H3. The van der Waals surface area contributed by atoms with E-state index in [1.54, 1.807) is 17.0 Å². The molecule has 2 heterocycles. The summed E-state index contributed by atoms with van der Waals surface area (Å²) in [5.41, 5.74) is 2.33. The summed E-state index contributed by atoms with van der Waals surface area (Å²) in [6, 6.07) is 10.1. The summed E-state index contributed by atoms with van der Waals surface area (Å²) in [5.74, 6) is 0.0963. The molecule has 1 aliphatic heterocycles. The fraction of sp³-hybridized carbons (Fsp3) is 0.211. The van der Waals surface area contributed by atoms with Gasteiger partial charge in [-0.1, -0.05) is 22.8 Å². The van der Waals surface area contributed by atoms with E-state index in [4.69, 9.17) is 16.1 Å². The molecule has 0 N–H and O–H groups in total. The molecule has 3 aromatic rings. The number of nitrogens with zero attached hydrogens (tertiary/aromatic N) is 3. The quantitative estimate of drug-likeness (QED) is 0.556. The maximum absolute atomic E-state index is 13.4. The molecule has 0 bridgehead atoms. The molecule has 1 aliphatic rings. The lowest BCUT2D eigenvalue weighted by molar-refractivity contribution is -0.117. The van der Waals surface area contributed by atoms with Gasteiger partial charge in [0.2, 0.25) is 17.6 Å². The molecule has 1 fully saturated rings. The molecule has 4 rings (SSSR count). The Kier molecular flexibility index (Phi) is 4.74. The van der Waals surface area contributed by atoms with Crippen LogP contribution in [-0.4, -0.2) is 22.6 Å². The number of carbonyl (C=O) groups is 1. The maximum atomic E-state index is 13.4. The number of hydrogen-bond acceptors (Lipinski definition) is 4. The van der Waals surface area contributed by atoms with E-state index in [2.05, 4.69) is 26.1 Å². The first-order valence-corrected chi connectivity index (χ1v) is 9.45. The molecule has 5 nitrogen and oxygen atoms in total. The lowest BCUT2D eigenvalue weighted by atomic mass is 10.1. The minimum absolute atomic E-state index is 0.0463. The maximum Gasteiger partial charge on any atom is 0.232 e. The normalized spacial score (nSPS) is 17.0. The van der Waals surface area contributed by atoms with Gasteiger partial charge in [-0.3, -0.25) is 4.79 Å². The van der Waals surface area contributed by atoms with Crippen LogP contribution in [-0.2, 0) is 4.79 Å². The van der Waals surface area contributed by atoms with Crippen molar-refractivity contribution in [3.63, 3.8) is 0 Å².